The molecule has 0 saturated heterocycles. The van der Waals surface area contributed by atoms with Gasteiger partial charge in [-0.05, 0) is 77.9 Å². The van der Waals surface area contributed by atoms with E-state index in [9.17, 15) is 0 Å². The van der Waals surface area contributed by atoms with Gasteiger partial charge in [0.1, 0.15) is 0 Å². The zero-order valence-corrected chi connectivity index (χ0v) is 20.2. The molecule has 0 saturated carbocycles. The Bertz CT molecular complexity index is 1360. The van der Waals surface area contributed by atoms with Crippen molar-refractivity contribution in [2.75, 3.05) is 9.80 Å². The molecule has 0 heterocycles. The Morgan fingerprint density at radius 2 is 0.694 bits per heavy atom. The van der Waals surface area contributed by atoms with Crippen LogP contribution in [0.4, 0.5) is 34.1 Å². The van der Waals surface area contributed by atoms with E-state index in [4.69, 9.17) is 0 Å². The van der Waals surface area contributed by atoms with Crippen molar-refractivity contribution in [3.8, 4) is 0 Å². The summed E-state index contributed by atoms with van der Waals surface area (Å²) in [5.74, 6) is 0. The van der Waals surface area contributed by atoms with Gasteiger partial charge in [0, 0.05) is 34.1 Å². The maximum absolute atomic E-state index is 3.96. The second-order valence-corrected chi connectivity index (χ2v) is 8.46. The van der Waals surface area contributed by atoms with Crippen LogP contribution in [0, 0.1) is 0 Å². The van der Waals surface area contributed by atoms with Crippen molar-refractivity contribution in [2.45, 2.75) is 0 Å². The standard InChI is InChI=1S/C34H28N2/c1-3-27-14-11-20-31(24-27)35(29-16-7-5-8-17-29)33-22-13-23-34(26-33)36(30-18-9-6-10-19-30)32-21-12-15-28(4-2)25-32/h3-26H,1-2H2. The Kier molecular flexibility index (Phi) is 6.77. The number of hydrogen-bond acceptors (Lipinski definition) is 2. The summed E-state index contributed by atoms with van der Waals surface area (Å²) in [7, 11) is 0. The molecule has 5 aromatic rings. The topological polar surface area (TPSA) is 6.48 Å². The summed E-state index contributed by atoms with van der Waals surface area (Å²) in [6.07, 6.45) is 3.76. The van der Waals surface area contributed by atoms with Crippen LogP contribution in [0.25, 0.3) is 12.2 Å². The lowest BCUT2D eigenvalue weighted by atomic mass is 10.1. The highest BCUT2D eigenvalue weighted by molar-refractivity contribution is 5.83. The van der Waals surface area contributed by atoms with Crippen molar-refractivity contribution in [1.82, 2.24) is 0 Å². The largest absolute Gasteiger partial charge is 0.310 e. The smallest absolute Gasteiger partial charge is 0.0482 e. The van der Waals surface area contributed by atoms with Gasteiger partial charge in [-0.2, -0.15) is 0 Å². The Balaban J connectivity index is 1.67. The number of rotatable bonds is 8. The normalized spacial score (nSPS) is 10.4. The lowest BCUT2D eigenvalue weighted by Crippen LogP contribution is -2.13. The van der Waals surface area contributed by atoms with Gasteiger partial charge in [-0.1, -0.05) is 92.0 Å². The van der Waals surface area contributed by atoms with Gasteiger partial charge in [-0.15, -0.1) is 0 Å². The summed E-state index contributed by atoms with van der Waals surface area (Å²) in [5.41, 5.74) is 8.65. The molecule has 0 radical (unpaired) electrons. The van der Waals surface area contributed by atoms with Gasteiger partial charge < -0.3 is 9.80 Å². The van der Waals surface area contributed by atoms with Gasteiger partial charge in [0.15, 0.2) is 0 Å². The fourth-order valence-electron chi connectivity index (χ4n) is 4.40. The number of nitrogens with zero attached hydrogens (tertiary/aromatic N) is 2. The molecule has 36 heavy (non-hydrogen) atoms. The highest BCUT2D eigenvalue weighted by Gasteiger charge is 2.17. The first kappa shape index (κ1) is 22.9. The average Bonchev–Trinajstić information content (AvgIpc) is 2.95. The molecule has 0 N–H and O–H groups in total. The number of anilines is 6. The van der Waals surface area contributed by atoms with E-state index in [-0.39, 0.29) is 0 Å². The highest BCUT2D eigenvalue weighted by atomic mass is 15.2. The fraction of sp³-hybridized carbons (Fsp3) is 0. The first-order valence-electron chi connectivity index (χ1n) is 12.0. The molecule has 5 rings (SSSR count). The molecule has 0 atom stereocenters. The average molecular weight is 465 g/mol. The minimum absolute atomic E-state index is 1.07. The molecule has 2 nitrogen and oxygen atoms in total. The van der Waals surface area contributed by atoms with Crippen LogP contribution in [-0.4, -0.2) is 0 Å². The Morgan fingerprint density at radius 3 is 1.08 bits per heavy atom. The number of para-hydroxylation sites is 2. The molecule has 2 heteroatoms. The number of benzene rings is 5. The van der Waals surface area contributed by atoms with Gasteiger partial charge in [0.2, 0.25) is 0 Å². The monoisotopic (exact) mass is 464 g/mol. The molecule has 0 unspecified atom stereocenters. The second-order valence-electron chi connectivity index (χ2n) is 8.46. The summed E-state index contributed by atoms with van der Waals surface area (Å²) in [6.45, 7) is 7.93. The summed E-state index contributed by atoms with van der Waals surface area (Å²) >= 11 is 0. The van der Waals surface area contributed by atoms with E-state index in [1.807, 2.05) is 24.3 Å². The maximum atomic E-state index is 3.96. The SMILES string of the molecule is C=Cc1cccc(N(c2ccccc2)c2cccc(N(c3ccccc3)c3cccc(C=C)c3)c2)c1. The Hall–Kier alpha value is -4.82. The second kappa shape index (κ2) is 10.6. The maximum Gasteiger partial charge on any atom is 0.0482 e. The zero-order chi connectivity index (χ0) is 24.7. The van der Waals surface area contributed by atoms with Crippen LogP contribution in [0.5, 0.6) is 0 Å². The third-order valence-corrected chi connectivity index (χ3v) is 6.10. The Labute approximate surface area is 213 Å². The molecular weight excluding hydrogens is 436 g/mol. The third-order valence-electron chi connectivity index (χ3n) is 6.10. The van der Waals surface area contributed by atoms with Crippen LogP contribution in [0.2, 0.25) is 0 Å². The minimum Gasteiger partial charge on any atom is -0.310 e. The molecule has 0 amide bonds. The molecule has 0 spiro atoms. The van der Waals surface area contributed by atoms with Crippen LogP contribution in [0.3, 0.4) is 0 Å². The van der Waals surface area contributed by atoms with E-state index in [2.05, 4.69) is 144 Å². The van der Waals surface area contributed by atoms with Gasteiger partial charge in [0.05, 0.1) is 0 Å². The molecule has 0 aliphatic heterocycles. The predicted octanol–water partition coefficient (Wildman–Crippen LogP) is 9.91. The molecule has 0 aliphatic rings. The molecule has 0 aliphatic carbocycles. The zero-order valence-electron chi connectivity index (χ0n) is 20.2. The van der Waals surface area contributed by atoms with Crippen LogP contribution < -0.4 is 9.80 Å². The molecule has 0 fully saturated rings. The molecule has 0 bridgehead atoms. The van der Waals surface area contributed by atoms with Crippen LogP contribution in [0.15, 0.2) is 147 Å². The molecule has 0 aromatic heterocycles. The summed E-state index contributed by atoms with van der Waals surface area (Å²) in [5, 5.41) is 0. The van der Waals surface area contributed by atoms with Crippen molar-refractivity contribution < 1.29 is 0 Å². The van der Waals surface area contributed by atoms with E-state index >= 15 is 0 Å². The lowest BCUT2D eigenvalue weighted by molar-refractivity contribution is 1.25. The molecule has 174 valence electrons. The molecular formula is C34H28N2. The van der Waals surface area contributed by atoms with E-state index in [1.54, 1.807) is 0 Å². The lowest BCUT2D eigenvalue weighted by Gasteiger charge is -2.29. The molecule has 5 aromatic carbocycles. The van der Waals surface area contributed by atoms with Crippen molar-refractivity contribution in [2.24, 2.45) is 0 Å². The fourth-order valence-corrected chi connectivity index (χ4v) is 4.40. The third kappa shape index (κ3) is 4.84. The van der Waals surface area contributed by atoms with Crippen LogP contribution in [-0.2, 0) is 0 Å². The van der Waals surface area contributed by atoms with Gasteiger partial charge in [-0.25, -0.2) is 0 Å². The Morgan fingerprint density at radius 1 is 0.361 bits per heavy atom. The van der Waals surface area contributed by atoms with Crippen molar-refractivity contribution in [1.29, 1.82) is 0 Å². The van der Waals surface area contributed by atoms with Gasteiger partial charge in [0.25, 0.3) is 0 Å². The van der Waals surface area contributed by atoms with E-state index in [0.29, 0.717) is 0 Å². The highest BCUT2D eigenvalue weighted by Crippen LogP contribution is 2.40. The van der Waals surface area contributed by atoms with E-state index in [1.165, 1.54) is 0 Å². The van der Waals surface area contributed by atoms with Gasteiger partial charge in [-0.3, -0.25) is 0 Å². The van der Waals surface area contributed by atoms with Crippen molar-refractivity contribution >= 4 is 46.3 Å². The summed E-state index contributed by atoms with van der Waals surface area (Å²) < 4.78 is 0. The summed E-state index contributed by atoms with van der Waals surface area (Å²) in [6, 6.07) is 46.4. The number of hydrogen-bond donors (Lipinski definition) is 0. The van der Waals surface area contributed by atoms with E-state index < -0.39 is 0 Å². The quantitative estimate of drug-likeness (QED) is 0.225. The predicted molar refractivity (Wildman–Crippen MR) is 156 cm³/mol. The van der Waals surface area contributed by atoms with Crippen LogP contribution >= 0.6 is 0 Å². The first-order valence-corrected chi connectivity index (χ1v) is 12.0. The van der Waals surface area contributed by atoms with Crippen molar-refractivity contribution in [3.63, 3.8) is 0 Å². The summed E-state index contributed by atoms with van der Waals surface area (Å²) in [4.78, 5) is 4.56. The first-order chi connectivity index (χ1) is 17.8. The minimum atomic E-state index is 1.07. The van der Waals surface area contributed by atoms with Gasteiger partial charge >= 0.3 is 0 Å². The van der Waals surface area contributed by atoms with Crippen molar-refractivity contribution in [3.05, 3.63) is 158 Å². The van der Waals surface area contributed by atoms with Crippen LogP contribution in [0.1, 0.15) is 11.1 Å². The van der Waals surface area contributed by atoms with E-state index in [0.717, 1.165) is 45.3 Å².